The Labute approximate surface area is 156 Å². The highest BCUT2D eigenvalue weighted by Gasteiger charge is 2.39. The third-order valence-electron chi connectivity index (χ3n) is 6.33. The van der Waals surface area contributed by atoms with E-state index in [1.54, 1.807) is 12.1 Å². The van der Waals surface area contributed by atoms with E-state index in [-0.39, 0.29) is 5.92 Å². The zero-order chi connectivity index (χ0) is 18.3. The zero-order valence-corrected chi connectivity index (χ0v) is 16.2. The van der Waals surface area contributed by atoms with Gasteiger partial charge in [-0.15, -0.1) is 0 Å². The van der Waals surface area contributed by atoms with Crippen LogP contribution in [0.3, 0.4) is 0 Å². The summed E-state index contributed by atoms with van der Waals surface area (Å²) in [6.45, 7) is 3.63. The van der Waals surface area contributed by atoms with Crippen LogP contribution in [0.25, 0.3) is 0 Å². The van der Waals surface area contributed by atoms with Crippen LogP contribution in [-0.4, -0.2) is 56.1 Å². The summed E-state index contributed by atoms with van der Waals surface area (Å²) in [7, 11) is -3.15. The Hall–Kier alpha value is -1.40. The Morgan fingerprint density at radius 2 is 1.77 bits per heavy atom. The number of benzene rings is 1. The first kappa shape index (κ1) is 18.0. The molecule has 3 saturated heterocycles. The number of hydrogen-bond donors (Lipinski definition) is 0. The largest absolute Gasteiger partial charge is 0.341 e. The first-order valence-corrected chi connectivity index (χ1v) is 11.6. The maximum absolute atomic E-state index is 12.7. The second-order valence-electron chi connectivity index (χ2n) is 8.31. The maximum Gasteiger partial charge on any atom is 0.225 e. The first-order chi connectivity index (χ1) is 12.4. The summed E-state index contributed by atoms with van der Waals surface area (Å²) in [5, 5.41) is 0. The van der Waals surface area contributed by atoms with E-state index < -0.39 is 9.84 Å². The minimum absolute atomic E-state index is 0.282. The summed E-state index contributed by atoms with van der Waals surface area (Å²) in [5.74, 6) is 1.23. The van der Waals surface area contributed by atoms with Gasteiger partial charge in [0.2, 0.25) is 5.91 Å². The Bertz CT molecular complexity index is 771. The molecule has 1 saturated carbocycles. The Balaban J connectivity index is 1.44. The van der Waals surface area contributed by atoms with E-state index in [1.165, 1.54) is 19.1 Å². The van der Waals surface area contributed by atoms with Crippen molar-refractivity contribution in [1.82, 2.24) is 9.80 Å². The second kappa shape index (κ2) is 6.97. The lowest BCUT2D eigenvalue weighted by Gasteiger charge is -2.36. The van der Waals surface area contributed by atoms with Crippen LogP contribution in [-0.2, 0) is 21.2 Å². The summed E-state index contributed by atoms with van der Waals surface area (Å²) in [6.07, 6.45) is 6.95. The number of carbonyl (C=O) groups excluding carboxylic acids is 1. The van der Waals surface area contributed by atoms with E-state index in [4.69, 9.17) is 0 Å². The van der Waals surface area contributed by atoms with Crippen LogP contribution in [0, 0.1) is 11.8 Å². The summed E-state index contributed by atoms with van der Waals surface area (Å²) < 4.78 is 23.2. The molecule has 0 spiro atoms. The third kappa shape index (κ3) is 3.67. The van der Waals surface area contributed by atoms with Gasteiger partial charge in [0.05, 0.1) is 4.90 Å². The minimum atomic E-state index is -3.15. The van der Waals surface area contributed by atoms with Crippen molar-refractivity contribution in [2.45, 2.75) is 49.6 Å². The Morgan fingerprint density at radius 3 is 2.38 bits per heavy atom. The van der Waals surface area contributed by atoms with E-state index >= 15 is 0 Å². The van der Waals surface area contributed by atoms with Gasteiger partial charge in [0.1, 0.15) is 0 Å². The number of sulfone groups is 1. The molecule has 3 aliphatic heterocycles. The fourth-order valence-electron chi connectivity index (χ4n) is 4.54. The van der Waals surface area contributed by atoms with Crippen LogP contribution >= 0.6 is 0 Å². The van der Waals surface area contributed by atoms with E-state index in [2.05, 4.69) is 9.80 Å². The molecule has 4 fully saturated rings. The van der Waals surface area contributed by atoms with Gasteiger partial charge in [-0.05, 0) is 49.3 Å². The molecule has 142 valence electrons. The summed E-state index contributed by atoms with van der Waals surface area (Å²) >= 11 is 0. The van der Waals surface area contributed by atoms with Gasteiger partial charge in [0.25, 0.3) is 0 Å². The number of rotatable bonds is 4. The number of hydrogen-bond acceptors (Lipinski definition) is 4. The monoisotopic (exact) mass is 376 g/mol. The average Bonchev–Trinajstić information content (AvgIpc) is 2.85. The van der Waals surface area contributed by atoms with Gasteiger partial charge < -0.3 is 4.90 Å². The van der Waals surface area contributed by atoms with Crippen molar-refractivity contribution in [3.05, 3.63) is 29.8 Å². The molecule has 0 radical (unpaired) electrons. The van der Waals surface area contributed by atoms with Gasteiger partial charge in [-0.2, -0.15) is 0 Å². The van der Waals surface area contributed by atoms with Crippen LogP contribution in [0.4, 0.5) is 0 Å². The molecule has 2 atom stereocenters. The minimum Gasteiger partial charge on any atom is -0.341 e. The predicted octanol–water partition coefficient (Wildman–Crippen LogP) is 2.31. The quantitative estimate of drug-likeness (QED) is 0.809. The molecule has 4 aliphatic rings. The average molecular weight is 377 g/mol. The van der Waals surface area contributed by atoms with Crippen LogP contribution < -0.4 is 0 Å². The number of amides is 1. The van der Waals surface area contributed by atoms with Gasteiger partial charge in [-0.3, -0.25) is 9.69 Å². The SMILES string of the molecule is CS(=O)(=O)c1ccc(CN2C[C@H]3CC[C@@H]2CN(C(=O)C2CCC2)C3)cc1. The molecule has 0 unspecified atom stereocenters. The zero-order valence-electron chi connectivity index (χ0n) is 15.4. The molecule has 26 heavy (non-hydrogen) atoms. The van der Waals surface area contributed by atoms with Gasteiger partial charge in [-0.25, -0.2) is 8.42 Å². The lowest BCUT2D eigenvalue weighted by atomic mass is 9.84. The smallest absolute Gasteiger partial charge is 0.225 e. The number of piperidine rings is 1. The molecule has 1 aliphatic carbocycles. The second-order valence-corrected chi connectivity index (χ2v) is 10.3. The van der Waals surface area contributed by atoms with Crippen LogP contribution in [0.15, 0.2) is 29.2 Å². The normalized spacial score (nSPS) is 27.2. The van der Waals surface area contributed by atoms with Crippen LogP contribution in [0.5, 0.6) is 0 Å². The topological polar surface area (TPSA) is 57.7 Å². The van der Waals surface area contributed by atoms with Crippen molar-refractivity contribution in [2.24, 2.45) is 11.8 Å². The molecule has 0 aromatic heterocycles. The van der Waals surface area contributed by atoms with E-state index in [0.29, 0.717) is 22.8 Å². The summed E-state index contributed by atoms with van der Waals surface area (Å²) in [6, 6.07) is 7.67. The highest BCUT2D eigenvalue weighted by Crippen LogP contribution is 2.33. The molecule has 1 aromatic carbocycles. The van der Waals surface area contributed by atoms with Gasteiger partial charge in [0.15, 0.2) is 9.84 Å². The van der Waals surface area contributed by atoms with Crippen LogP contribution in [0.2, 0.25) is 0 Å². The van der Waals surface area contributed by atoms with E-state index in [0.717, 1.165) is 51.0 Å². The lowest BCUT2D eigenvalue weighted by Crippen LogP contribution is -2.45. The van der Waals surface area contributed by atoms with E-state index in [9.17, 15) is 13.2 Å². The van der Waals surface area contributed by atoms with Crippen LogP contribution in [0.1, 0.15) is 37.7 Å². The van der Waals surface area contributed by atoms with Crippen molar-refractivity contribution >= 4 is 15.7 Å². The third-order valence-corrected chi connectivity index (χ3v) is 7.46. The Morgan fingerprint density at radius 1 is 1.04 bits per heavy atom. The summed E-state index contributed by atoms with van der Waals surface area (Å²) in [5.41, 5.74) is 1.14. The molecule has 1 aromatic rings. The molecular weight excluding hydrogens is 348 g/mol. The van der Waals surface area contributed by atoms with Crippen molar-refractivity contribution < 1.29 is 13.2 Å². The Kier molecular flexibility index (Phi) is 4.82. The molecule has 5 rings (SSSR count). The molecule has 0 N–H and O–H groups in total. The van der Waals surface area contributed by atoms with Crippen molar-refractivity contribution in [2.75, 3.05) is 25.9 Å². The first-order valence-electron chi connectivity index (χ1n) is 9.72. The molecular formula is C20H28N2O3S. The number of carbonyl (C=O) groups is 1. The highest BCUT2D eigenvalue weighted by molar-refractivity contribution is 7.90. The van der Waals surface area contributed by atoms with Crippen molar-refractivity contribution in [3.8, 4) is 0 Å². The van der Waals surface area contributed by atoms with E-state index in [1.807, 2.05) is 12.1 Å². The molecule has 2 bridgehead atoms. The number of fused-ring (bicyclic) bond motifs is 4. The predicted molar refractivity (Wildman–Crippen MR) is 100 cm³/mol. The van der Waals surface area contributed by atoms with Crippen molar-refractivity contribution in [1.29, 1.82) is 0 Å². The van der Waals surface area contributed by atoms with Gasteiger partial charge in [-0.1, -0.05) is 18.6 Å². The fraction of sp³-hybridized carbons (Fsp3) is 0.650. The molecule has 6 heteroatoms. The van der Waals surface area contributed by atoms with Gasteiger partial charge in [0, 0.05) is 44.4 Å². The van der Waals surface area contributed by atoms with Gasteiger partial charge >= 0.3 is 0 Å². The fourth-order valence-corrected chi connectivity index (χ4v) is 5.17. The molecule has 3 heterocycles. The highest BCUT2D eigenvalue weighted by atomic mass is 32.2. The maximum atomic E-state index is 12.7. The molecule has 1 amide bonds. The summed E-state index contributed by atoms with van der Waals surface area (Å²) in [4.78, 5) is 17.7. The standard InChI is InChI=1S/C20H28N2O3S/c1-26(24,25)19-9-6-15(7-10-19)11-21-12-16-5-8-18(21)14-22(13-16)20(23)17-3-2-4-17/h6-7,9-10,16-18H,2-5,8,11-14H2,1H3/t16-,18-/m1/s1. The lowest BCUT2D eigenvalue weighted by molar-refractivity contribution is -0.138. The molecule has 5 nitrogen and oxygen atoms in total. The van der Waals surface area contributed by atoms with Crippen molar-refractivity contribution in [3.63, 3.8) is 0 Å². The number of nitrogens with zero attached hydrogens (tertiary/aromatic N) is 2.